The van der Waals surface area contributed by atoms with Crippen LogP contribution in [-0.4, -0.2) is 29.5 Å². The Morgan fingerprint density at radius 3 is 2.53 bits per heavy atom. The summed E-state index contributed by atoms with van der Waals surface area (Å²) in [6, 6.07) is 0. The van der Waals surface area contributed by atoms with Crippen molar-refractivity contribution in [3.8, 4) is 0 Å². The maximum Gasteiger partial charge on any atom is 0.311 e. The second kappa shape index (κ2) is 7.68. The number of esters is 1. The Balaban J connectivity index is 1.62. The molecule has 4 rings (SSSR count). The Hall–Kier alpha value is -1.68. The molecule has 0 aromatic carbocycles. The smallest absolute Gasteiger partial charge is 0.311 e. The molecule has 0 bridgehead atoms. The predicted molar refractivity (Wildman–Crippen MR) is 125 cm³/mol. The molecule has 0 saturated heterocycles. The molecular formula is C27H35ClO4. The van der Waals surface area contributed by atoms with Gasteiger partial charge in [-0.2, -0.15) is 0 Å². The van der Waals surface area contributed by atoms with Gasteiger partial charge >= 0.3 is 5.97 Å². The van der Waals surface area contributed by atoms with E-state index in [4.69, 9.17) is 16.3 Å². The summed E-state index contributed by atoms with van der Waals surface area (Å²) in [4.78, 5) is 37.5. The molecule has 7 atom stereocenters. The third kappa shape index (κ3) is 3.54. The van der Waals surface area contributed by atoms with Crippen molar-refractivity contribution < 1.29 is 19.1 Å². The zero-order valence-corrected chi connectivity index (χ0v) is 20.8. The van der Waals surface area contributed by atoms with E-state index < -0.39 is 5.41 Å². The first-order valence-corrected chi connectivity index (χ1v) is 12.2. The maximum absolute atomic E-state index is 13.3. The van der Waals surface area contributed by atoms with Crippen molar-refractivity contribution in [2.24, 2.45) is 39.9 Å². The van der Waals surface area contributed by atoms with Crippen LogP contribution in [0.3, 0.4) is 0 Å². The number of fused-ring (bicyclic) bond motifs is 5. The lowest BCUT2D eigenvalue weighted by atomic mass is 9.52. The van der Waals surface area contributed by atoms with Gasteiger partial charge in [0.15, 0.2) is 11.6 Å². The second-order valence-electron chi connectivity index (χ2n) is 11.8. The van der Waals surface area contributed by atoms with Crippen molar-refractivity contribution in [2.75, 3.05) is 6.61 Å². The minimum atomic E-state index is -0.622. The van der Waals surface area contributed by atoms with E-state index in [-0.39, 0.29) is 58.1 Å². The molecule has 5 heteroatoms. The molecule has 2 saturated carbocycles. The van der Waals surface area contributed by atoms with Gasteiger partial charge in [0.1, 0.15) is 6.61 Å². The van der Waals surface area contributed by atoms with Gasteiger partial charge in [-0.05, 0) is 87.9 Å². The zero-order valence-electron chi connectivity index (χ0n) is 20.0. The van der Waals surface area contributed by atoms with Gasteiger partial charge < -0.3 is 4.74 Å². The topological polar surface area (TPSA) is 60.4 Å². The van der Waals surface area contributed by atoms with E-state index in [0.717, 1.165) is 24.8 Å². The SMILES string of the molecule is C[C@@H]1C[C@H]2[C@@H]3C[C@H](Cl)C4=CC(=O)C=C[C@]4(C)C3=CC[C@]2(C)[C@H]1C(=O)COC(=O)C(C)(C)C. The Morgan fingerprint density at radius 1 is 1.19 bits per heavy atom. The fourth-order valence-electron chi connectivity index (χ4n) is 7.03. The molecule has 4 nitrogen and oxygen atoms in total. The Morgan fingerprint density at radius 2 is 1.88 bits per heavy atom. The van der Waals surface area contributed by atoms with Crippen LogP contribution in [0.5, 0.6) is 0 Å². The third-order valence-electron chi connectivity index (χ3n) is 8.58. The van der Waals surface area contributed by atoms with Crippen molar-refractivity contribution in [3.05, 3.63) is 35.5 Å². The summed E-state index contributed by atoms with van der Waals surface area (Å²) < 4.78 is 5.40. The predicted octanol–water partition coefficient (Wildman–Crippen LogP) is 5.45. The van der Waals surface area contributed by atoms with Crippen LogP contribution in [-0.2, 0) is 19.1 Å². The summed E-state index contributed by atoms with van der Waals surface area (Å²) in [6.45, 7) is 11.8. The van der Waals surface area contributed by atoms with E-state index in [1.807, 2.05) is 6.08 Å². The van der Waals surface area contributed by atoms with Crippen LogP contribution in [0.1, 0.15) is 60.8 Å². The highest BCUT2D eigenvalue weighted by Gasteiger charge is 2.60. The molecule has 0 aromatic heterocycles. The monoisotopic (exact) mass is 458 g/mol. The van der Waals surface area contributed by atoms with E-state index in [1.54, 1.807) is 32.9 Å². The molecule has 0 spiro atoms. The van der Waals surface area contributed by atoms with E-state index in [1.165, 1.54) is 5.57 Å². The van der Waals surface area contributed by atoms with Gasteiger partial charge in [0.05, 0.1) is 10.8 Å². The Labute approximate surface area is 196 Å². The number of carbonyl (C=O) groups excluding carboxylic acids is 3. The minimum absolute atomic E-state index is 0.00720. The lowest BCUT2D eigenvalue weighted by Gasteiger charge is -2.53. The van der Waals surface area contributed by atoms with Gasteiger partial charge in [0.25, 0.3) is 0 Å². The summed E-state index contributed by atoms with van der Waals surface area (Å²) in [5, 5.41) is -0.184. The lowest BCUT2D eigenvalue weighted by Crippen LogP contribution is -2.47. The number of Topliss-reactive ketones (excluding diaryl/α,β-unsaturated/α-hetero) is 1. The van der Waals surface area contributed by atoms with Crippen LogP contribution in [0.25, 0.3) is 0 Å². The number of ketones is 2. The van der Waals surface area contributed by atoms with Crippen LogP contribution in [0, 0.1) is 39.9 Å². The first kappa shape index (κ1) is 23.5. The Kier molecular flexibility index (Phi) is 5.64. The molecule has 0 aromatic rings. The van der Waals surface area contributed by atoms with Crippen LogP contribution >= 0.6 is 11.6 Å². The molecule has 0 N–H and O–H groups in total. The highest BCUT2D eigenvalue weighted by molar-refractivity contribution is 6.23. The third-order valence-corrected chi connectivity index (χ3v) is 8.99. The fourth-order valence-corrected chi connectivity index (χ4v) is 7.51. The number of allylic oxidation sites excluding steroid dienone is 6. The van der Waals surface area contributed by atoms with Crippen LogP contribution < -0.4 is 0 Å². The van der Waals surface area contributed by atoms with Crippen molar-refractivity contribution in [3.63, 3.8) is 0 Å². The number of halogens is 1. The van der Waals surface area contributed by atoms with E-state index in [9.17, 15) is 14.4 Å². The zero-order chi connectivity index (χ0) is 23.6. The molecule has 0 unspecified atom stereocenters. The number of hydrogen-bond acceptors (Lipinski definition) is 4. The molecule has 0 radical (unpaired) electrons. The van der Waals surface area contributed by atoms with Crippen molar-refractivity contribution >= 4 is 29.1 Å². The van der Waals surface area contributed by atoms with Gasteiger partial charge in [0, 0.05) is 11.3 Å². The van der Waals surface area contributed by atoms with E-state index >= 15 is 0 Å². The lowest BCUT2D eigenvalue weighted by molar-refractivity contribution is -0.157. The molecule has 4 aliphatic rings. The molecule has 2 fully saturated rings. The summed E-state index contributed by atoms with van der Waals surface area (Å²) in [5.74, 6) is 0.412. The minimum Gasteiger partial charge on any atom is -0.457 e. The average Bonchev–Trinajstić information content (AvgIpc) is 2.97. The van der Waals surface area contributed by atoms with Crippen molar-refractivity contribution in [1.29, 1.82) is 0 Å². The summed E-state index contributed by atoms with van der Waals surface area (Å²) in [6.07, 6.45) is 10.3. The average molecular weight is 459 g/mol. The fraction of sp³-hybridized carbons (Fsp3) is 0.667. The number of carbonyl (C=O) groups is 3. The Bertz CT molecular complexity index is 951. The van der Waals surface area contributed by atoms with Crippen molar-refractivity contribution in [2.45, 2.75) is 66.2 Å². The number of ether oxygens (including phenoxy) is 1. The summed E-state index contributed by atoms with van der Waals surface area (Å²) in [5.41, 5.74) is 1.24. The standard InChI is InChI=1S/C27H35ClO4/c1-15-11-19-17-13-21(28)20-12-16(29)7-9-26(20,5)18(17)8-10-27(19,6)23(15)22(30)14-32-24(31)25(2,3)4/h7-9,12,15,17,19,21,23H,10-11,13-14H2,1-6H3/t15-,17-,19+,21+,23-,26-,27+/m1/s1. The van der Waals surface area contributed by atoms with Crippen LogP contribution in [0.2, 0.25) is 0 Å². The van der Waals surface area contributed by atoms with Crippen LogP contribution in [0.15, 0.2) is 35.5 Å². The largest absolute Gasteiger partial charge is 0.457 e. The molecular weight excluding hydrogens is 424 g/mol. The number of rotatable bonds is 3. The van der Waals surface area contributed by atoms with Gasteiger partial charge in [0.2, 0.25) is 0 Å². The number of alkyl halides is 1. The van der Waals surface area contributed by atoms with Gasteiger partial charge in [-0.25, -0.2) is 0 Å². The highest BCUT2D eigenvalue weighted by Crippen LogP contribution is 2.65. The summed E-state index contributed by atoms with van der Waals surface area (Å²) >= 11 is 6.86. The molecule has 32 heavy (non-hydrogen) atoms. The first-order chi connectivity index (χ1) is 14.8. The molecule has 0 aliphatic heterocycles. The highest BCUT2D eigenvalue weighted by atomic mass is 35.5. The van der Waals surface area contributed by atoms with Gasteiger partial charge in [-0.15, -0.1) is 11.6 Å². The maximum atomic E-state index is 13.3. The van der Waals surface area contributed by atoms with Gasteiger partial charge in [-0.1, -0.05) is 31.6 Å². The molecule has 4 aliphatic carbocycles. The molecule has 0 heterocycles. The van der Waals surface area contributed by atoms with E-state index in [2.05, 4.69) is 26.8 Å². The molecule has 174 valence electrons. The van der Waals surface area contributed by atoms with Gasteiger partial charge in [-0.3, -0.25) is 14.4 Å². The van der Waals surface area contributed by atoms with Crippen LogP contribution in [0.4, 0.5) is 0 Å². The van der Waals surface area contributed by atoms with Crippen molar-refractivity contribution in [1.82, 2.24) is 0 Å². The molecule has 0 amide bonds. The van der Waals surface area contributed by atoms with E-state index in [0.29, 0.717) is 5.92 Å². The summed E-state index contributed by atoms with van der Waals surface area (Å²) in [7, 11) is 0. The quantitative estimate of drug-likeness (QED) is 0.320. The first-order valence-electron chi connectivity index (χ1n) is 11.8. The normalized spacial score (nSPS) is 40.6. The number of hydrogen-bond donors (Lipinski definition) is 0. The second-order valence-corrected chi connectivity index (χ2v) is 12.3.